The molecule has 0 spiro atoms. The highest BCUT2D eigenvalue weighted by atomic mass is 28.3. The van der Waals surface area contributed by atoms with Gasteiger partial charge in [0.05, 0.1) is 6.61 Å². The van der Waals surface area contributed by atoms with Gasteiger partial charge in [0.25, 0.3) is 0 Å². The van der Waals surface area contributed by atoms with Gasteiger partial charge in [0.1, 0.15) is 11.5 Å². The maximum atomic E-state index is 11.0. The average molecular weight is 328 g/mol. The summed E-state index contributed by atoms with van der Waals surface area (Å²) in [6.45, 7) is 3.71. The van der Waals surface area contributed by atoms with Gasteiger partial charge in [0.2, 0.25) is 0 Å². The molecular formula is C18H20O4Si. The maximum absolute atomic E-state index is 11.0. The number of hydrogen-bond donors (Lipinski definition) is 0. The van der Waals surface area contributed by atoms with E-state index < -0.39 is 15.3 Å². The van der Waals surface area contributed by atoms with E-state index in [0.29, 0.717) is 13.0 Å². The Balaban J connectivity index is 1.91. The van der Waals surface area contributed by atoms with Crippen LogP contribution in [0.4, 0.5) is 0 Å². The van der Waals surface area contributed by atoms with Gasteiger partial charge in [-0.1, -0.05) is 43.0 Å². The fourth-order valence-electron chi connectivity index (χ4n) is 1.93. The van der Waals surface area contributed by atoms with Crippen LogP contribution in [0.25, 0.3) is 0 Å². The first-order valence-corrected chi connectivity index (χ1v) is 9.26. The van der Waals surface area contributed by atoms with E-state index in [1.165, 1.54) is 0 Å². The van der Waals surface area contributed by atoms with Crippen molar-refractivity contribution in [3.63, 3.8) is 0 Å². The molecule has 0 aliphatic carbocycles. The summed E-state index contributed by atoms with van der Waals surface area (Å²) < 4.78 is 17.0. The van der Waals surface area contributed by atoms with E-state index in [2.05, 4.69) is 6.58 Å². The van der Waals surface area contributed by atoms with Crippen LogP contribution in [0.3, 0.4) is 0 Å². The standard InChI is InChI=1S/C18H20O4Si/c1-2-18(19)20-14-9-15-23(21-16-10-5-3-6-11-16)22-17-12-7-4-8-13-17/h2-8,10-13,23H,1,9,14-15H2. The highest BCUT2D eigenvalue weighted by Crippen LogP contribution is 2.16. The van der Waals surface area contributed by atoms with Gasteiger partial charge < -0.3 is 13.6 Å². The summed E-state index contributed by atoms with van der Waals surface area (Å²) in [7, 11) is -1.98. The number of hydrogen-bond acceptors (Lipinski definition) is 4. The van der Waals surface area contributed by atoms with E-state index in [-0.39, 0.29) is 0 Å². The molecule has 0 bridgehead atoms. The maximum Gasteiger partial charge on any atom is 0.444 e. The molecule has 0 aliphatic heterocycles. The minimum Gasteiger partial charge on any atom is -0.514 e. The SMILES string of the molecule is C=CC(=O)OCCC[SiH](Oc1ccccc1)Oc1ccccc1. The van der Waals surface area contributed by atoms with Crippen LogP contribution in [0.15, 0.2) is 73.3 Å². The van der Waals surface area contributed by atoms with E-state index in [1.54, 1.807) is 0 Å². The minimum absolute atomic E-state index is 0.338. The zero-order valence-electron chi connectivity index (χ0n) is 12.9. The van der Waals surface area contributed by atoms with Crippen molar-refractivity contribution in [2.45, 2.75) is 12.5 Å². The van der Waals surface area contributed by atoms with Crippen molar-refractivity contribution in [2.24, 2.45) is 0 Å². The van der Waals surface area contributed by atoms with Gasteiger partial charge in [-0.15, -0.1) is 0 Å². The summed E-state index contributed by atoms with van der Waals surface area (Å²) in [5.41, 5.74) is 0. The number of carbonyl (C=O) groups excluding carboxylic acids is 1. The Morgan fingerprint density at radius 1 is 0.957 bits per heavy atom. The zero-order valence-corrected chi connectivity index (χ0v) is 14.0. The van der Waals surface area contributed by atoms with Gasteiger partial charge in [-0.05, 0) is 30.7 Å². The number of benzene rings is 2. The molecule has 0 saturated carbocycles. The molecule has 0 aliphatic rings. The summed E-state index contributed by atoms with van der Waals surface area (Å²) >= 11 is 0. The predicted molar refractivity (Wildman–Crippen MR) is 91.9 cm³/mol. The number of esters is 1. The summed E-state index contributed by atoms with van der Waals surface area (Å²) in [5.74, 6) is 1.18. The third-order valence-electron chi connectivity index (χ3n) is 3.02. The Kier molecular flexibility index (Phi) is 6.94. The van der Waals surface area contributed by atoms with Gasteiger partial charge >= 0.3 is 15.3 Å². The monoisotopic (exact) mass is 328 g/mol. The summed E-state index contributed by atoms with van der Waals surface area (Å²) in [4.78, 5) is 11.0. The lowest BCUT2D eigenvalue weighted by Crippen LogP contribution is -2.30. The highest BCUT2D eigenvalue weighted by molar-refractivity contribution is 6.46. The first-order chi connectivity index (χ1) is 11.3. The van der Waals surface area contributed by atoms with Crippen LogP contribution in [0.1, 0.15) is 6.42 Å². The van der Waals surface area contributed by atoms with Crippen molar-refractivity contribution < 1.29 is 18.4 Å². The first-order valence-electron chi connectivity index (χ1n) is 7.50. The second kappa shape index (κ2) is 9.48. The molecule has 4 nitrogen and oxygen atoms in total. The molecule has 23 heavy (non-hydrogen) atoms. The van der Waals surface area contributed by atoms with Crippen LogP contribution >= 0.6 is 0 Å². The molecule has 0 radical (unpaired) electrons. The van der Waals surface area contributed by atoms with Crippen molar-refractivity contribution in [2.75, 3.05) is 6.61 Å². The molecule has 0 atom stereocenters. The van der Waals surface area contributed by atoms with E-state index >= 15 is 0 Å². The van der Waals surface area contributed by atoms with Gasteiger partial charge in [0.15, 0.2) is 0 Å². The van der Waals surface area contributed by atoms with Crippen LogP contribution in [-0.4, -0.2) is 21.9 Å². The molecule has 2 aromatic carbocycles. The van der Waals surface area contributed by atoms with Crippen molar-refractivity contribution in [1.82, 2.24) is 0 Å². The van der Waals surface area contributed by atoms with Gasteiger partial charge in [-0.25, -0.2) is 4.79 Å². The molecule has 0 saturated heterocycles. The predicted octanol–water partition coefficient (Wildman–Crippen LogP) is 3.48. The van der Waals surface area contributed by atoms with Crippen LogP contribution in [0, 0.1) is 0 Å². The molecule has 0 unspecified atom stereocenters. The molecular weight excluding hydrogens is 308 g/mol. The smallest absolute Gasteiger partial charge is 0.444 e. The van der Waals surface area contributed by atoms with Crippen LogP contribution in [-0.2, 0) is 9.53 Å². The Labute approximate surface area is 138 Å². The summed E-state index contributed by atoms with van der Waals surface area (Å²) in [6.07, 6.45) is 1.85. The zero-order chi connectivity index (χ0) is 16.3. The lowest BCUT2D eigenvalue weighted by atomic mass is 10.3. The fourth-order valence-corrected chi connectivity index (χ4v) is 3.63. The highest BCUT2D eigenvalue weighted by Gasteiger charge is 2.17. The summed E-state index contributed by atoms with van der Waals surface area (Å²) in [5, 5.41) is 0. The van der Waals surface area contributed by atoms with Crippen molar-refractivity contribution in [3.8, 4) is 11.5 Å². The fraction of sp³-hybridized carbons (Fsp3) is 0.167. The van der Waals surface area contributed by atoms with Crippen LogP contribution in [0.5, 0.6) is 11.5 Å². The molecule has 2 aromatic rings. The Morgan fingerprint density at radius 3 is 1.96 bits per heavy atom. The van der Waals surface area contributed by atoms with Gasteiger partial charge in [0, 0.05) is 12.1 Å². The number of ether oxygens (including phenoxy) is 1. The van der Waals surface area contributed by atoms with Gasteiger partial charge in [-0.2, -0.15) is 0 Å². The lowest BCUT2D eigenvalue weighted by molar-refractivity contribution is -0.137. The Morgan fingerprint density at radius 2 is 1.48 bits per heavy atom. The summed E-state index contributed by atoms with van der Waals surface area (Å²) in [6, 6.07) is 20.0. The molecule has 0 fully saturated rings. The quantitative estimate of drug-likeness (QED) is 0.306. The third kappa shape index (κ3) is 6.40. The average Bonchev–Trinajstić information content (AvgIpc) is 2.60. The second-order valence-electron chi connectivity index (χ2n) is 4.81. The van der Waals surface area contributed by atoms with E-state index in [1.807, 2.05) is 60.7 Å². The lowest BCUT2D eigenvalue weighted by Gasteiger charge is -2.19. The largest absolute Gasteiger partial charge is 0.514 e. The van der Waals surface area contributed by atoms with Crippen LogP contribution in [0.2, 0.25) is 6.04 Å². The molecule has 120 valence electrons. The molecule has 0 aromatic heterocycles. The van der Waals surface area contributed by atoms with E-state index in [0.717, 1.165) is 23.6 Å². The minimum atomic E-state index is -1.98. The first kappa shape index (κ1) is 16.8. The molecule has 0 amide bonds. The Hall–Kier alpha value is -2.53. The van der Waals surface area contributed by atoms with E-state index in [4.69, 9.17) is 13.6 Å². The number of rotatable bonds is 9. The molecule has 0 heterocycles. The van der Waals surface area contributed by atoms with Crippen molar-refractivity contribution >= 4 is 15.3 Å². The molecule has 5 heteroatoms. The molecule has 0 N–H and O–H groups in total. The van der Waals surface area contributed by atoms with Crippen LogP contribution < -0.4 is 8.85 Å². The van der Waals surface area contributed by atoms with E-state index in [9.17, 15) is 4.79 Å². The number of carbonyl (C=O) groups is 1. The number of para-hydroxylation sites is 2. The third-order valence-corrected chi connectivity index (χ3v) is 4.97. The van der Waals surface area contributed by atoms with Crippen molar-refractivity contribution in [1.29, 1.82) is 0 Å². The normalized spacial score (nSPS) is 10.1. The topological polar surface area (TPSA) is 44.8 Å². The molecule has 2 rings (SSSR count). The van der Waals surface area contributed by atoms with Crippen molar-refractivity contribution in [3.05, 3.63) is 73.3 Å². The van der Waals surface area contributed by atoms with Gasteiger partial charge in [-0.3, -0.25) is 0 Å². The second-order valence-corrected chi connectivity index (χ2v) is 6.71. The Bertz CT molecular complexity index is 559.